The van der Waals surface area contributed by atoms with Crippen LogP contribution in [-0.2, 0) is 21.7 Å². The third kappa shape index (κ3) is 9.91. The summed E-state index contributed by atoms with van der Waals surface area (Å²) in [6.45, 7) is 0. The molecule has 0 aliphatic carbocycles. The maximum Gasteiger partial charge on any atom is 0.423 e. The Hall–Kier alpha value is -3.21. The van der Waals surface area contributed by atoms with Crippen LogP contribution in [0.25, 0.3) is 32.7 Å². The average molecular weight is 670 g/mol. The Morgan fingerprint density at radius 1 is 0.419 bits per heavy atom. The van der Waals surface area contributed by atoms with Gasteiger partial charge in [-0.05, 0) is 33.7 Å². The number of phenols is 2. The first kappa shape index (κ1) is 37.8. The maximum atomic E-state index is 11.0. The monoisotopic (exact) mass is 670 g/mol. The maximum absolute atomic E-state index is 11.0. The van der Waals surface area contributed by atoms with Crippen molar-refractivity contribution in [3.8, 4) is 22.6 Å². The van der Waals surface area contributed by atoms with E-state index in [0.717, 1.165) is 21.5 Å². The van der Waals surface area contributed by atoms with Crippen LogP contribution in [0.5, 0.6) is 11.5 Å². The fraction of sp³-hybridized carbons (Fsp3) is 0.231. The van der Waals surface area contributed by atoms with Gasteiger partial charge in [-0.15, -0.1) is 0 Å². The number of fused-ring (bicyclic) bond motifs is 2. The van der Waals surface area contributed by atoms with Crippen molar-refractivity contribution in [2.75, 3.05) is 0 Å². The van der Waals surface area contributed by atoms with Crippen LogP contribution in [0.4, 0.5) is 52.7 Å². The van der Waals surface area contributed by atoms with Gasteiger partial charge in [-0.25, -0.2) is 0 Å². The predicted octanol–water partition coefficient (Wildman–Crippen LogP) is 8.01. The molecule has 0 amide bonds. The second kappa shape index (κ2) is 14.1. The van der Waals surface area contributed by atoms with E-state index in [1.54, 1.807) is 12.1 Å². The third-order valence-electron chi connectivity index (χ3n) is 5.30. The van der Waals surface area contributed by atoms with Gasteiger partial charge in [0.25, 0.3) is 0 Å². The number of aliphatic hydroxyl groups excluding tert-OH is 2. The Morgan fingerprint density at radius 2 is 0.674 bits per heavy atom. The van der Waals surface area contributed by atoms with Crippen LogP contribution in [0.1, 0.15) is 0 Å². The van der Waals surface area contributed by atoms with Gasteiger partial charge in [0.15, 0.2) is 0 Å². The van der Waals surface area contributed by atoms with E-state index in [9.17, 15) is 62.9 Å². The van der Waals surface area contributed by atoms with E-state index in [-0.39, 0.29) is 33.2 Å². The zero-order chi connectivity index (χ0) is 32.3. The molecule has 4 rings (SSSR count). The molecule has 234 valence electrons. The van der Waals surface area contributed by atoms with E-state index in [1.807, 2.05) is 60.7 Å². The normalized spacial score (nSPS) is 12.4. The standard InChI is InChI=1S/C20H14O2.2C3H2F6O.Ti/c21-17-11-9-13-5-1-3-7-15(13)19(17)20-16-8-4-2-6-14(16)10-12-18(20)22;2*4-2(5,6)1(10)3(7,8)9;/h1-12,21-22H;2*1,10H;. The molecule has 0 bridgehead atoms. The number of halogens is 12. The molecule has 0 aliphatic heterocycles. The van der Waals surface area contributed by atoms with Crippen LogP contribution in [0.2, 0.25) is 0 Å². The molecule has 17 heteroatoms. The summed E-state index contributed by atoms with van der Waals surface area (Å²) in [4.78, 5) is 0. The molecular formula is C26H18F12O4Ti. The molecule has 0 aromatic heterocycles. The quantitative estimate of drug-likeness (QED) is 0.122. The van der Waals surface area contributed by atoms with Crippen LogP contribution in [0.3, 0.4) is 0 Å². The van der Waals surface area contributed by atoms with Crippen molar-refractivity contribution in [2.24, 2.45) is 0 Å². The summed E-state index contributed by atoms with van der Waals surface area (Å²) in [6, 6.07) is 22.9. The first-order valence-electron chi connectivity index (χ1n) is 11.1. The number of benzene rings is 4. The van der Waals surface area contributed by atoms with Gasteiger partial charge in [0.2, 0.25) is 12.2 Å². The van der Waals surface area contributed by atoms with Gasteiger partial charge >= 0.3 is 24.7 Å². The van der Waals surface area contributed by atoms with Gasteiger partial charge in [-0.3, -0.25) is 0 Å². The molecule has 43 heavy (non-hydrogen) atoms. The summed E-state index contributed by atoms with van der Waals surface area (Å²) < 4.78 is 132. The molecule has 0 radical (unpaired) electrons. The first-order chi connectivity index (χ1) is 19.1. The van der Waals surface area contributed by atoms with Crippen LogP contribution in [0.15, 0.2) is 72.8 Å². The molecule has 0 unspecified atom stereocenters. The van der Waals surface area contributed by atoms with Gasteiger partial charge in [0.05, 0.1) is 0 Å². The Labute approximate surface area is 248 Å². The van der Waals surface area contributed by atoms with Crippen molar-refractivity contribution >= 4 is 21.5 Å². The minimum absolute atomic E-state index is 0. The smallest absolute Gasteiger partial charge is 0.423 e. The molecular weight excluding hydrogens is 652 g/mol. The number of aliphatic hydroxyl groups is 2. The summed E-state index contributed by atoms with van der Waals surface area (Å²) in [5.41, 5.74) is 1.35. The number of phenolic OH excluding ortho intramolecular Hbond substituents is 2. The largest absolute Gasteiger partial charge is 0.507 e. The molecule has 0 saturated heterocycles. The molecule has 4 N–H and O–H groups in total. The molecule has 0 spiro atoms. The zero-order valence-electron chi connectivity index (χ0n) is 20.9. The molecule has 4 nitrogen and oxygen atoms in total. The van der Waals surface area contributed by atoms with Crippen molar-refractivity contribution in [1.29, 1.82) is 0 Å². The van der Waals surface area contributed by atoms with Crippen molar-refractivity contribution in [3.05, 3.63) is 72.8 Å². The van der Waals surface area contributed by atoms with E-state index >= 15 is 0 Å². The topological polar surface area (TPSA) is 80.9 Å². The summed E-state index contributed by atoms with van der Waals surface area (Å²) in [5.74, 6) is 0.343. The number of hydrogen-bond acceptors (Lipinski definition) is 4. The van der Waals surface area contributed by atoms with E-state index < -0.39 is 36.9 Å². The predicted molar refractivity (Wildman–Crippen MR) is 126 cm³/mol. The number of alkyl halides is 12. The summed E-state index contributed by atoms with van der Waals surface area (Å²) >= 11 is 0. The van der Waals surface area contributed by atoms with E-state index in [0.29, 0.717) is 11.1 Å². The minimum Gasteiger partial charge on any atom is -0.507 e. The molecule has 0 aliphatic rings. The summed E-state index contributed by atoms with van der Waals surface area (Å²) in [5, 5.41) is 39.7. The number of hydrogen-bond donors (Lipinski definition) is 4. The molecule has 0 fully saturated rings. The van der Waals surface area contributed by atoms with Crippen LogP contribution in [0, 0.1) is 0 Å². The SMILES string of the molecule is OC(C(F)(F)F)C(F)(F)F.OC(C(F)(F)F)C(F)(F)F.Oc1ccc2ccccc2c1-c1c(O)ccc2ccccc12.[Ti]. The fourth-order valence-corrected chi connectivity index (χ4v) is 3.42. The van der Waals surface area contributed by atoms with Crippen molar-refractivity contribution < 1.29 is 94.8 Å². The Kier molecular flexibility index (Phi) is 12.4. The molecule has 0 heterocycles. The van der Waals surface area contributed by atoms with Gasteiger partial charge in [0, 0.05) is 32.8 Å². The molecule has 0 saturated carbocycles. The average Bonchev–Trinajstić information content (AvgIpc) is 2.87. The van der Waals surface area contributed by atoms with Gasteiger partial charge in [-0.2, -0.15) is 52.7 Å². The van der Waals surface area contributed by atoms with Gasteiger partial charge in [0.1, 0.15) is 11.5 Å². The van der Waals surface area contributed by atoms with E-state index in [1.165, 1.54) is 0 Å². The molecule has 4 aromatic rings. The van der Waals surface area contributed by atoms with Crippen molar-refractivity contribution in [2.45, 2.75) is 36.9 Å². The molecule has 4 aromatic carbocycles. The Morgan fingerprint density at radius 3 is 0.907 bits per heavy atom. The fourth-order valence-electron chi connectivity index (χ4n) is 3.42. The van der Waals surface area contributed by atoms with Crippen LogP contribution < -0.4 is 0 Å². The van der Waals surface area contributed by atoms with Gasteiger partial charge in [-0.1, -0.05) is 60.7 Å². The number of rotatable bonds is 1. The molecule has 0 atom stereocenters. The number of aromatic hydroxyl groups is 2. The zero-order valence-corrected chi connectivity index (χ0v) is 22.5. The van der Waals surface area contributed by atoms with Crippen molar-refractivity contribution in [1.82, 2.24) is 0 Å². The van der Waals surface area contributed by atoms with Gasteiger partial charge < -0.3 is 20.4 Å². The van der Waals surface area contributed by atoms with Crippen molar-refractivity contribution in [3.63, 3.8) is 0 Å². The third-order valence-corrected chi connectivity index (χ3v) is 5.30. The summed E-state index contributed by atoms with van der Waals surface area (Å²) in [7, 11) is 0. The van der Waals surface area contributed by atoms with Crippen LogP contribution in [-0.4, -0.2) is 57.3 Å². The second-order valence-corrected chi connectivity index (χ2v) is 8.33. The minimum atomic E-state index is -5.63. The first-order valence-corrected chi connectivity index (χ1v) is 11.1. The summed E-state index contributed by atoms with van der Waals surface area (Å²) in [6.07, 6.45) is -31.0. The van der Waals surface area contributed by atoms with Crippen LogP contribution >= 0.6 is 0 Å². The second-order valence-electron chi connectivity index (χ2n) is 8.33. The Balaban J connectivity index is 0.000000373. The Bertz CT molecular complexity index is 1360. The van der Waals surface area contributed by atoms with E-state index in [4.69, 9.17) is 10.2 Å². The van der Waals surface area contributed by atoms with E-state index in [2.05, 4.69) is 0 Å².